The number of fused-ring (bicyclic) bond motifs is 3. The van der Waals surface area contributed by atoms with Crippen LogP contribution in [0, 0.1) is 0 Å². The molecule has 0 radical (unpaired) electrons. The Labute approximate surface area is 264 Å². The first-order valence-electron chi connectivity index (χ1n) is 17.1. The number of carbonyl (C=O) groups excluding carboxylic acids is 1. The maximum absolute atomic E-state index is 12.8. The van der Waals surface area contributed by atoms with Crippen LogP contribution in [0.1, 0.15) is 138 Å². The zero-order valence-corrected chi connectivity index (χ0v) is 27.0. The fourth-order valence-corrected chi connectivity index (χ4v) is 5.84. The maximum Gasteiger partial charge on any atom is 0.343 e. The summed E-state index contributed by atoms with van der Waals surface area (Å²) in [5.74, 6) is 1.48. The molecule has 0 unspecified atom stereocenters. The quantitative estimate of drug-likeness (QED) is 0.0748. The normalized spacial score (nSPS) is 13.4. The summed E-state index contributed by atoms with van der Waals surface area (Å²) in [5, 5.41) is 11.1. The molecule has 0 aromatic heterocycles. The van der Waals surface area contributed by atoms with E-state index in [9.17, 15) is 9.90 Å². The van der Waals surface area contributed by atoms with Crippen LogP contribution in [-0.2, 0) is 0 Å². The van der Waals surface area contributed by atoms with E-state index in [1.807, 2.05) is 24.3 Å². The molecule has 1 N–H and O–H groups in total. The highest BCUT2D eigenvalue weighted by Crippen LogP contribution is 2.46. The molecule has 3 aromatic rings. The predicted octanol–water partition coefficient (Wildman–Crippen LogP) is 10.6. The molecule has 0 bridgehead atoms. The van der Waals surface area contributed by atoms with Gasteiger partial charge in [0.05, 0.1) is 18.8 Å². The molecule has 4 rings (SSSR count). The van der Waals surface area contributed by atoms with Gasteiger partial charge < -0.3 is 19.3 Å². The summed E-state index contributed by atoms with van der Waals surface area (Å²) >= 11 is 0. The fraction of sp³-hybridized carbons (Fsp3) is 0.513. The molecular weight excluding hydrogens is 548 g/mol. The summed E-state index contributed by atoms with van der Waals surface area (Å²) in [4.78, 5) is 12.8. The molecule has 0 saturated carbocycles. The average Bonchev–Trinajstić information content (AvgIpc) is 3.32. The van der Waals surface area contributed by atoms with Gasteiger partial charge in [-0.05, 0) is 83.6 Å². The summed E-state index contributed by atoms with van der Waals surface area (Å²) in [6, 6.07) is 18.4. The van der Waals surface area contributed by atoms with Crippen LogP contribution < -0.4 is 14.2 Å². The molecule has 1 atom stereocenters. The first-order valence-corrected chi connectivity index (χ1v) is 17.1. The van der Waals surface area contributed by atoms with E-state index in [1.54, 1.807) is 36.4 Å². The topological polar surface area (TPSA) is 65.0 Å². The summed E-state index contributed by atoms with van der Waals surface area (Å²) in [6.45, 7) is 5.74. The highest BCUT2D eigenvalue weighted by atomic mass is 16.5. The minimum atomic E-state index is -0.793. The molecule has 0 saturated heterocycles. The summed E-state index contributed by atoms with van der Waals surface area (Å²) < 4.78 is 17.4. The lowest BCUT2D eigenvalue weighted by Gasteiger charge is -2.10. The molecular formula is C39H52O5. The van der Waals surface area contributed by atoms with Crippen LogP contribution in [0.3, 0.4) is 0 Å². The van der Waals surface area contributed by atoms with E-state index in [4.69, 9.17) is 14.2 Å². The summed E-state index contributed by atoms with van der Waals surface area (Å²) in [5.41, 5.74) is 3.94. The molecule has 1 aliphatic carbocycles. The zero-order chi connectivity index (χ0) is 31.0. The first kappa shape index (κ1) is 33.6. The molecule has 5 heteroatoms. The second-order valence-electron chi connectivity index (χ2n) is 12.1. The molecule has 44 heavy (non-hydrogen) atoms. The Hall–Kier alpha value is -3.31. The van der Waals surface area contributed by atoms with Crippen molar-refractivity contribution in [2.45, 2.75) is 116 Å². The van der Waals surface area contributed by atoms with E-state index in [0.717, 1.165) is 53.0 Å². The number of benzene rings is 3. The number of aliphatic hydroxyl groups is 1. The SMILES string of the molecule is CCCCCCCCCCCCCCCOc1ccc2c(c1)[C@@H](O)c1cc(OC(=O)c3ccc(OCCCC)cc3)ccc1-2. The first-order chi connectivity index (χ1) is 21.6. The predicted molar refractivity (Wildman–Crippen MR) is 179 cm³/mol. The highest BCUT2D eigenvalue weighted by Gasteiger charge is 2.28. The van der Waals surface area contributed by atoms with Gasteiger partial charge in [0.2, 0.25) is 0 Å². The Morgan fingerprint density at radius 2 is 1.02 bits per heavy atom. The van der Waals surface area contributed by atoms with E-state index in [-0.39, 0.29) is 0 Å². The number of ether oxygens (including phenoxy) is 3. The van der Waals surface area contributed by atoms with Crippen LogP contribution in [0.2, 0.25) is 0 Å². The molecule has 238 valence electrons. The molecule has 0 heterocycles. The zero-order valence-electron chi connectivity index (χ0n) is 27.0. The van der Waals surface area contributed by atoms with Crippen LogP contribution in [0.5, 0.6) is 17.2 Å². The van der Waals surface area contributed by atoms with Gasteiger partial charge in [0, 0.05) is 0 Å². The largest absolute Gasteiger partial charge is 0.494 e. The lowest BCUT2D eigenvalue weighted by atomic mass is 10.0. The number of hydrogen-bond acceptors (Lipinski definition) is 5. The van der Waals surface area contributed by atoms with Crippen LogP contribution in [0.15, 0.2) is 60.7 Å². The van der Waals surface area contributed by atoms with Gasteiger partial charge in [0.1, 0.15) is 23.4 Å². The Morgan fingerprint density at radius 3 is 1.61 bits per heavy atom. The standard InChI is InChI=1S/C39H52O5/c1-3-5-7-8-9-10-11-12-13-14-15-16-17-27-43-32-22-24-34-35-25-23-33(29-37(35)38(40)36(34)28-32)44-39(41)30-18-20-31(21-19-30)42-26-6-4-2/h18-25,28-29,38,40H,3-17,26-27H2,1-2H3/t38-/m1/s1. The van der Waals surface area contributed by atoms with Gasteiger partial charge in [0.25, 0.3) is 0 Å². The van der Waals surface area contributed by atoms with Crippen LogP contribution in [-0.4, -0.2) is 24.3 Å². The Kier molecular flexibility index (Phi) is 14.1. The Balaban J connectivity index is 1.17. The average molecular weight is 601 g/mol. The summed E-state index contributed by atoms with van der Waals surface area (Å²) in [6.07, 6.45) is 18.5. The molecule has 0 fully saturated rings. The Morgan fingerprint density at radius 1 is 0.568 bits per heavy atom. The van der Waals surface area contributed by atoms with Crippen molar-refractivity contribution in [3.05, 3.63) is 77.4 Å². The van der Waals surface area contributed by atoms with Crippen molar-refractivity contribution in [1.82, 2.24) is 0 Å². The van der Waals surface area contributed by atoms with Crippen molar-refractivity contribution >= 4 is 5.97 Å². The minimum absolute atomic E-state index is 0.405. The van der Waals surface area contributed by atoms with Gasteiger partial charge in [-0.2, -0.15) is 0 Å². The molecule has 0 spiro atoms. The number of carbonyl (C=O) groups is 1. The van der Waals surface area contributed by atoms with E-state index >= 15 is 0 Å². The maximum atomic E-state index is 12.8. The van der Waals surface area contributed by atoms with Crippen LogP contribution in [0.4, 0.5) is 0 Å². The molecule has 5 nitrogen and oxygen atoms in total. The number of rotatable bonds is 21. The molecule has 1 aliphatic rings. The van der Waals surface area contributed by atoms with Crippen molar-refractivity contribution in [3.63, 3.8) is 0 Å². The molecule has 0 amide bonds. The van der Waals surface area contributed by atoms with Gasteiger partial charge in [-0.15, -0.1) is 0 Å². The molecule has 3 aromatic carbocycles. The van der Waals surface area contributed by atoms with Gasteiger partial charge >= 0.3 is 5.97 Å². The van der Waals surface area contributed by atoms with E-state index in [1.165, 1.54) is 77.0 Å². The third-order valence-corrected chi connectivity index (χ3v) is 8.51. The number of unbranched alkanes of at least 4 members (excludes halogenated alkanes) is 13. The minimum Gasteiger partial charge on any atom is -0.494 e. The van der Waals surface area contributed by atoms with Gasteiger partial charge in [0.15, 0.2) is 0 Å². The van der Waals surface area contributed by atoms with Gasteiger partial charge in [-0.3, -0.25) is 0 Å². The van der Waals surface area contributed by atoms with Crippen molar-refractivity contribution in [3.8, 4) is 28.4 Å². The Bertz CT molecular complexity index is 1280. The second-order valence-corrected chi connectivity index (χ2v) is 12.1. The third-order valence-electron chi connectivity index (χ3n) is 8.51. The van der Waals surface area contributed by atoms with Crippen molar-refractivity contribution in [2.24, 2.45) is 0 Å². The lowest BCUT2D eigenvalue weighted by Crippen LogP contribution is -2.09. The summed E-state index contributed by atoms with van der Waals surface area (Å²) in [7, 11) is 0. The second kappa shape index (κ2) is 18.5. The smallest absolute Gasteiger partial charge is 0.343 e. The van der Waals surface area contributed by atoms with E-state index < -0.39 is 12.1 Å². The van der Waals surface area contributed by atoms with Crippen molar-refractivity contribution < 1.29 is 24.1 Å². The van der Waals surface area contributed by atoms with Crippen molar-refractivity contribution in [2.75, 3.05) is 13.2 Å². The van der Waals surface area contributed by atoms with Crippen LogP contribution in [0.25, 0.3) is 11.1 Å². The van der Waals surface area contributed by atoms with Crippen molar-refractivity contribution in [1.29, 1.82) is 0 Å². The number of esters is 1. The monoisotopic (exact) mass is 600 g/mol. The van der Waals surface area contributed by atoms with Crippen LogP contribution >= 0.6 is 0 Å². The van der Waals surface area contributed by atoms with Gasteiger partial charge in [-0.25, -0.2) is 4.79 Å². The highest BCUT2D eigenvalue weighted by molar-refractivity contribution is 5.91. The fourth-order valence-electron chi connectivity index (χ4n) is 5.84. The van der Waals surface area contributed by atoms with E-state index in [2.05, 4.69) is 13.8 Å². The number of aliphatic hydroxyl groups excluding tert-OH is 1. The van der Waals surface area contributed by atoms with Gasteiger partial charge in [-0.1, -0.05) is 109 Å². The lowest BCUT2D eigenvalue weighted by molar-refractivity contribution is 0.0734. The molecule has 0 aliphatic heterocycles. The number of hydrogen-bond donors (Lipinski definition) is 1. The van der Waals surface area contributed by atoms with E-state index in [0.29, 0.717) is 24.5 Å². The third kappa shape index (κ3) is 10.1.